The summed E-state index contributed by atoms with van der Waals surface area (Å²) in [4.78, 5) is 15.8. The summed E-state index contributed by atoms with van der Waals surface area (Å²) in [5.41, 5.74) is 1.68. The maximum atomic E-state index is 11.7. The second kappa shape index (κ2) is 6.17. The van der Waals surface area contributed by atoms with Gasteiger partial charge < -0.3 is 0 Å². The average molecular weight is 315 g/mol. The molecule has 0 aliphatic carbocycles. The van der Waals surface area contributed by atoms with Crippen molar-refractivity contribution < 1.29 is 4.79 Å². The third-order valence-electron chi connectivity index (χ3n) is 2.37. The highest BCUT2D eigenvalue weighted by molar-refractivity contribution is 9.10. The van der Waals surface area contributed by atoms with E-state index in [1.807, 2.05) is 43.3 Å². The molecule has 0 fully saturated rings. The number of carbonyl (C=O) groups excluding carboxylic acids is 1. The Morgan fingerprint density at radius 3 is 2.74 bits per heavy atom. The Morgan fingerprint density at radius 1 is 1.32 bits per heavy atom. The van der Waals surface area contributed by atoms with Crippen LogP contribution in [0.2, 0.25) is 0 Å². The Labute approximate surface area is 120 Å². The second-order valence-corrected chi connectivity index (χ2v) is 4.80. The molecule has 1 N–H and O–H groups in total. The number of pyridine rings is 1. The summed E-state index contributed by atoms with van der Waals surface area (Å²) in [5.74, 6) is 5.48. The van der Waals surface area contributed by atoms with E-state index in [1.54, 1.807) is 6.20 Å². The second-order valence-electron chi connectivity index (χ2n) is 3.89. The first-order valence-electron chi connectivity index (χ1n) is 5.65. The lowest BCUT2D eigenvalue weighted by atomic mass is 10.2. The molecular formula is C15H11BrN2O. The predicted octanol–water partition coefficient (Wildman–Crippen LogP) is 3.14. The van der Waals surface area contributed by atoms with E-state index >= 15 is 0 Å². The molecule has 0 unspecified atom stereocenters. The number of aromatic nitrogens is 1. The molecule has 3 nitrogen and oxygen atoms in total. The largest absolute Gasteiger partial charge is 0.301 e. The van der Waals surface area contributed by atoms with Crippen LogP contribution < -0.4 is 5.32 Å². The van der Waals surface area contributed by atoms with Crippen LogP contribution in [0.1, 0.15) is 11.1 Å². The molecule has 1 aromatic carbocycles. The molecule has 0 saturated carbocycles. The fraction of sp³-hybridized carbons (Fsp3) is 0.0667. The van der Waals surface area contributed by atoms with Crippen molar-refractivity contribution in [2.45, 2.75) is 6.92 Å². The number of aryl methyl sites for hydroxylation is 1. The van der Waals surface area contributed by atoms with Crippen LogP contribution in [0, 0.1) is 18.8 Å². The summed E-state index contributed by atoms with van der Waals surface area (Å²) in [6.07, 6.45) is 1.63. The van der Waals surface area contributed by atoms with Gasteiger partial charge in [-0.1, -0.05) is 24.1 Å². The van der Waals surface area contributed by atoms with Crippen molar-refractivity contribution in [2.75, 3.05) is 5.32 Å². The molecule has 0 bridgehead atoms. The number of nitrogens with zero attached hydrogens (tertiary/aromatic N) is 1. The molecule has 2 rings (SSSR count). The van der Waals surface area contributed by atoms with Crippen molar-refractivity contribution in [2.24, 2.45) is 0 Å². The minimum Gasteiger partial charge on any atom is -0.299 e. The molecule has 1 heterocycles. The zero-order chi connectivity index (χ0) is 13.7. The van der Waals surface area contributed by atoms with Gasteiger partial charge in [-0.15, -0.1) is 0 Å². The number of hydrogen-bond donors (Lipinski definition) is 1. The molecule has 94 valence electrons. The Hall–Kier alpha value is -2.12. The molecule has 2 aromatic rings. The number of rotatable bonds is 1. The fourth-order valence-electron chi connectivity index (χ4n) is 1.46. The van der Waals surface area contributed by atoms with Crippen LogP contribution in [0.4, 0.5) is 5.82 Å². The molecule has 1 aromatic heterocycles. The van der Waals surface area contributed by atoms with Gasteiger partial charge in [-0.05, 0) is 46.6 Å². The highest BCUT2D eigenvalue weighted by atomic mass is 79.9. The molecule has 0 atom stereocenters. The van der Waals surface area contributed by atoms with Crippen LogP contribution in [-0.4, -0.2) is 10.9 Å². The lowest BCUT2D eigenvalue weighted by Gasteiger charge is -2.03. The first-order valence-corrected chi connectivity index (χ1v) is 6.44. The third kappa shape index (κ3) is 3.94. The zero-order valence-corrected chi connectivity index (χ0v) is 11.9. The van der Waals surface area contributed by atoms with Gasteiger partial charge in [0.2, 0.25) is 0 Å². The van der Waals surface area contributed by atoms with Crippen molar-refractivity contribution in [3.63, 3.8) is 0 Å². The molecule has 0 radical (unpaired) electrons. The van der Waals surface area contributed by atoms with Crippen LogP contribution in [0.3, 0.4) is 0 Å². The van der Waals surface area contributed by atoms with Gasteiger partial charge in [0.1, 0.15) is 5.82 Å². The normalized spacial score (nSPS) is 9.37. The van der Waals surface area contributed by atoms with Gasteiger partial charge >= 0.3 is 5.91 Å². The van der Waals surface area contributed by atoms with E-state index in [1.165, 1.54) is 0 Å². The van der Waals surface area contributed by atoms with E-state index in [0.717, 1.165) is 15.6 Å². The number of nitrogens with one attached hydrogen (secondary N) is 1. The summed E-state index contributed by atoms with van der Waals surface area (Å²) in [6.45, 7) is 1.87. The topological polar surface area (TPSA) is 42.0 Å². The van der Waals surface area contributed by atoms with Crippen LogP contribution in [0.5, 0.6) is 0 Å². The average Bonchev–Trinajstić information content (AvgIpc) is 2.41. The van der Waals surface area contributed by atoms with E-state index in [-0.39, 0.29) is 5.91 Å². The molecule has 0 aliphatic rings. The molecule has 0 saturated heterocycles. The summed E-state index contributed by atoms with van der Waals surface area (Å²) in [6, 6.07) is 11.2. The number of carbonyl (C=O) groups is 1. The van der Waals surface area contributed by atoms with Crippen molar-refractivity contribution in [1.29, 1.82) is 0 Å². The lowest BCUT2D eigenvalue weighted by Crippen LogP contribution is -2.11. The molecule has 0 spiro atoms. The molecule has 0 aliphatic heterocycles. The Kier molecular flexibility index (Phi) is 4.32. The number of halogens is 1. The minimum atomic E-state index is -0.373. The zero-order valence-electron chi connectivity index (χ0n) is 10.3. The van der Waals surface area contributed by atoms with Crippen LogP contribution in [0.15, 0.2) is 47.1 Å². The number of amides is 1. The first kappa shape index (κ1) is 13.3. The highest BCUT2D eigenvalue weighted by Crippen LogP contribution is 2.16. The Morgan fingerprint density at radius 2 is 2.05 bits per heavy atom. The van der Waals surface area contributed by atoms with E-state index in [0.29, 0.717) is 5.82 Å². The lowest BCUT2D eigenvalue weighted by molar-refractivity contribution is -0.111. The van der Waals surface area contributed by atoms with Crippen molar-refractivity contribution in [1.82, 2.24) is 4.98 Å². The monoisotopic (exact) mass is 314 g/mol. The predicted molar refractivity (Wildman–Crippen MR) is 78.6 cm³/mol. The van der Waals surface area contributed by atoms with Gasteiger partial charge in [-0.25, -0.2) is 4.98 Å². The first-order chi connectivity index (χ1) is 9.15. The van der Waals surface area contributed by atoms with Gasteiger partial charge in [0, 0.05) is 22.2 Å². The van der Waals surface area contributed by atoms with Crippen molar-refractivity contribution in [3.8, 4) is 11.8 Å². The molecule has 4 heteroatoms. The summed E-state index contributed by atoms with van der Waals surface area (Å²) < 4.78 is 0.873. The van der Waals surface area contributed by atoms with Gasteiger partial charge in [0.15, 0.2) is 0 Å². The van der Waals surface area contributed by atoms with Gasteiger partial charge in [-0.3, -0.25) is 10.1 Å². The number of anilines is 1. The van der Waals surface area contributed by atoms with E-state index in [2.05, 4.69) is 38.1 Å². The van der Waals surface area contributed by atoms with Crippen molar-refractivity contribution in [3.05, 3.63) is 58.2 Å². The van der Waals surface area contributed by atoms with E-state index < -0.39 is 0 Å². The highest BCUT2D eigenvalue weighted by Gasteiger charge is 2.03. The molecule has 19 heavy (non-hydrogen) atoms. The standard InChI is InChI=1S/C15H11BrN2O/c1-11-9-13(16)10-17-15(11)18-14(19)8-7-12-5-3-2-4-6-12/h2-6,9-10H,1H3,(H,17,18,19). The van der Waals surface area contributed by atoms with Crippen molar-refractivity contribution >= 4 is 27.7 Å². The summed E-state index contributed by atoms with van der Waals surface area (Å²) in [7, 11) is 0. The summed E-state index contributed by atoms with van der Waals surface area (Å²) in [5, 5.41) is 2.66. The summed E-state index contributed by atoms with van der Waals surface area (Å²) >= 11 is 3.32. The van der Waals surface area contributed by atoms with Crippen LogP contribution in [0.25, 0.3) is 0 Å². The smallest absolute Gasteiger partial charge is 0.299 e. The number of hydrogen-bond acceptors (Lipinski definition) is 2. The maximum Gasteiger partial charge on any atom is 0.301 e. The molecular weight excluding hydrogens is 304 g/mol. The molecule has 1 amide bonds. The van der Waals surface area contributed by atoms with Gasteiger partial charge in [0.05, 0.1) is 0 Å². The quantitative estimate of drug-likeness (QED) is 0.822. The van der Waals surface area contributed by atoms with E-state index in [4.69, 9.17) is 0 Å². The van der Waals surface area contributed by atoms with E-state index in [9.17, 15) is 4.79 Å². The number of benzene rings is 1. The Bertz CT molecular complexity index is 657. The SMILES string of the molecule is Cc1cc(Br)cnc1NC(=O)C#Cc1ccccc1. The van der Waals surface area contributed by atoms with Crippen LogP contribution in [-0.2, 0) is 4.79 Å². The third-order valence-corrected chi connectivity index (χ3v) is 2.80. The van der Waals surface area contributed by atoms with Crippen LogP contribution >= 0.6 is 15.9 Å². The minimum absolute atomic E-state index is 0.373. The van der Waals surface area contributed by atoms with Gasteiger partial charge in [0.25, 0.3) is 0 Å². The maximum absolute atomic E-state index is 11.7. The van der Waals surface area contributed by atoms with Gasteiger partial charge in [-0.2, -0.15) is 0 Å². The Balaban J connectivity index is 2.08. The fourth-order valence-corrected chi connectivity index (χ4v) is 1.91.